The fourth-order valence-electron chi connectivity index (χ4n) is 6.02. The van der Waals surface area contributed by atoms with E-state index in [1.54, 1.807) is 0 Å². The SMILES string of the molecule is O=c1cc(-c2ccc(OC3OC(C(O)CO)C(O)C3O)c(O)c2)oc2cc(OC3OC(COC4OC(CO)C(O)C4O)C(O)C(O)C3O)cc(O)c12. The quantitative estimate of drug-likeness (QED) is 0.0884. The maximum atomic E-state index is 13.0. The Bertz CT molecular complexity index is 1770. The Balaban J connectivity index is 1.18. The summed E-state index contributed by atoms with van der Waals surface area (Å²) < 4.78 is 38.5. The number of aliphatic hydroxyl groups is 10. The Labute approximate surface area is 292 Å². The van der Waals surface area contributed by atoms with Gasteiger partial charge in [-0.25, -0.2) is 0 Å². The second-order valence-electron chi connectivity index (χ2n) is 12.5. The number of phenolic OH excluding ortho intramolecular Hbond substituents is 2. The molecule has 0 radical (unpaired) electrons. The lowest BCUT2D eigenvalue weighted by Gasteiger charge is -2.40. The molecule has 52 heavy (non-hydrogen) atoms. The number of phenols is 2. The van der Waals surface area contributed by atoms with Gasteiger partial charge >= 0.3 is 0 Å². The topological polar surface area (TPSA) is 328 Å². The van der Waals surface area contributed by atoms with Crippen molar-refractivity contribution >= 4 is 11.0 Å². The number of fused-ring (bicyclic) bond motifs is 1. The Kier molecular flexibility index (Phi) is 11.2. The van der Waals surface area contributed by atoms with Gasteiger partial charge in [0.2, 0.25) is 12.6 Å². The van der Waals surface area contributed by atoms with Crippen molar-refractivity contribution in [3.8, 4) is 34.3 Å². The summed E-state index contributed by atoms with van der Waals surface area (Å²) in [7, 11) is 0. The van der Waals surface area contributed by atoms with Gasteiger partial charge in [-0.05, 0) is 18.2 Å². The van der Waals surface area contributed by atoms with Gasteiger partial charge in [0.05, 0.1) is 19.8 Å². The van der Waals surface area contributed by atoms with Crippen molar-refractivity contribution in [1.29, 1.82) is 0 Å². The fourth-order valence-corrected chi connectivity index (χ4v) is 6.02. The summed E-state index contributed by atoms with van der Waals surface area (Å²) in [6, 6.07) is 6.93. The lowest BCUT2D eigenvalue weighted by molar-refractivity contribution is -0.290. The first kappa shape index (κ1) is 38.0. The molecular weight excluding hydrogens is 704 g/mol. The van der Waals surface area contributed by atoms with Gasteiger partial charge in [0.25, 0.3) is 0 Å². The van der Waals surface area contributed by atoms with Crippen molar-refractivity contribution in [2.75, 3.05) is 19.8 Å². The Morgan fingerprint density at radius 1 is 0.692 bits per heavy atom. The Morgan fingerprint density at radius 2 is 1.35 bits per heavy atom. The minimum absolute atomic E-state index is 0.107. The molecule has 12 N–H and O–H groups in total. The van der Waals surface area contributed by atoms with Crippen LogP contribution in [-0.4, -0.2) is 167 Å². The van der Waals surface area contributed by atoms with Gasteiger partial charge in [0.1, 0.15) is 95.4 Å². The summed E-state index contributed by atoms with van der Waals surface area (Å²) in [5.74, 6) is -1.68. The minimum atomic E-state index is -1.84. The first-order chi connectivity index (χ1) is 24.7. The highest BCUT2D eigenvalue weighted by Crippen LogP contribution is 2.37. The molecule has 0 spiro atoms. The van der Waals surface area contributed by atoms with Gasteiger partial charge < -0.3 is 94.1 Å². The molecule has 3 aliphatic heterocycles. The van der Waals surface area contributed by atoms with Gasteiger partial charge in [0, 0.05) is 23.8 Å². The highest BCUT2D eigenvalue weighted by Gasteiger charge is 2.49. The molecule has 3 saturated heterocycles. The zero-order chi connectivity index (χ0) is 37.6. The second-order valence-corrected chi connectivity index (χ2v) is 12.5. The van der Waals surface area contributed by atoms with E-state index in [0.29, 0.717) is 0 Å². The van der Waals surface area contributed by atoms with Crippen molar-refractivity contribution in [3.63, 3.8) is 0 Å². The van der Waals surface area contributed by atoms with Gasteiger partial charge in [-0.15, -0.1) is 0 Å². The molecule has 3 fully saturated rings. The molecule has 14 atom stereocenters. The van der Waals surface area contributed by atoms with Crippen molar-refractivity contribution < 1.29 is 94.1 Å². The summed E-state index contributed by atoms with van der Waals surface area (Å²) in [5.41, 5.74) is -0.798. The van der Waals surface area contributed by atoms with E-state index in [4.69, 9.17) is 37.9 Å². The average molecular weight is 743 g/mol. The summed E-state index contributed by atoms with van der Waals surface area (Å²) in [6.07, 6.45) is -21.7. The van der Waals surface area contributed by atoms with Gasteiger partial charge in [-0.3, -0.25) is 4.79 Å². The van der Waals surface area contributed by atoms with Crippen LogP contribution in [0.15, 0.2) is 45.6 Å². The maximum Gasteiger partial charge on any atom is 0.229 e. The molecule has 286 valence electrons. The largest absolute Gasteiger partial charge is 0.507 e. The van der Waals surface area contributed by atoms with E-state index in [1.807, 2.05) is 0 Å². The smallest absolute Gasteiger partial charge is 0.229 e. The molecule has 0 bridgehead atoms. The van der Waals surface area contributed by atoms with Crippen LogP contribution in [0.25, 0.3) is 22.3 Å². The maximum absolute atomic E-state index is 13.0. The van der Waals surface area contributed by atoms with Crippen molar-refractivity contribution in [2.24, 2.45) is 0 Å². The number of benzene rings is 2. The summed E-state index contributed by atoms with van der Waals surface area (Å²) in [4.78, 5) is 13.0. The molecule has 14 unspecified atom stereocenters. The molecule has 3 aliphatic rings. The molecule has 0 amide bonds. The first-order valence-corrected chi connectivity index (χ1v) is 15.9. The molecule has 20 heteroatoms. The third-order valence-electron chi connectivity index (χ3n) is 8.94. The number of rotatable bonds is 11. The van der Waals surface area contributed by atoms with Crippen LogP contribution < -0.4 is 14.9 Å². The Morgan fingerprint density at radius 3 is 2.02 bits per heavy atom. The van der Waals surface area contributed by atoms with E-state index < -0.39 is 123 Å². The van der Waals surface area contributed by atoms with E-state index >= 15 is 0 Å². The van der Waals surface area contributed by atoms with Crippen LogP contribution in [-0.2, 0) is 18.9 Å². The monoisotopic (exact) mass is 742 g/mol. The lowest BCUT2D eigenvalue weighted by Crippen LogP contribution is -2.60. The van der Waals surface area contributed by atoms with Gasteiger partial charge in [-0.2, -0.15) is 0 Å². The molecule has 4 heterocycles. The predicted molar refractivity (Wildman–Crippen MR) is 167 cm³/mol. The third-order valence-corrected chi connectivity index (χ3v) is 8.94. The van der Waals surface area contributed by atoms with Crippen LogP contribution in [0.4, 0.5) is 0 Å². The van der Waals surface area contributed by atoms with Crippen LogP contribution in [0, 0.1) is 0 Å². The highest BCUT2D eigenvalue weighted by atomic mass is 16.7. The van der Waals surface area contributed by atoms with Gasteiger partial charge in [0.15, 0.2) is 23.2 Å². The van der Waals surface area contributed by atoms with Crippen LogP contribution in [0.1, 0.15) is 0 Å². The number of aromatic hydroxyl groups is 2. The molecule has 0 aliphatic carbocycles. The molecule has 2 aromatic carbocycles. The van der Waals surface area contributed by atoms with E-state index in [1.165, 1.54) is 12.1 Å². The lowest BCUT2D eigenvalue weighted by atomic mass is 9.99. The van der Waals surface area contributed by atoms with Crippen molar-refractivity contribution in [2.45, 2.75) is 86.0 Å². The third kappa shape index (κ3) is 7.27. The van der Waals surface area contributed by atoms with E-state index in [0.717, 1.165) is 24.3 Å². The van der Waals surface area contributed by atoms with Crippen LogP contribution in [0.2, 0.25) is 0 Å². The Hall–Kier alpha value is -3.71. The van der Waals surface area contributed by atoms with Crippen LogP contribution in [0.3, 0.4) is 0 Å². The second kappa shape index (κ2) is 15.3. The average Bonchev–Trinajstić information content (AvgIpc) is 3.56. The molecule has 0 saturated carbocycles. The van der Waals surface area contributed by atoms with Crippen molar-refractivity contribution in [3.05, 3.63) is 46.6 Å². The first-order valence-electron chi connectivity index (χ1n) is 15.9. The van der Waals surface area contributed by atoms with Gasteiger partial charge in [-0.1, -0.05) is 0 Å². The van der Waals surface area contributed by atoms with Crippen molar-refractivity contribution in [1.82, 2.24) is 0 Å². The van der Waals surface area contributed by atoms with Crippen LogP contribution in [0.5, 0.6) is 23.0 Å². The zero-order valence-corrected chi connectivity index (χ0v) is 26.8. The molecule has 20 nitrogen and oxygen atoms in total. The van der Waals surface area contributed by atoms with E-state index in [2.05, 4.69) is 0 Å². The van der Waals surface area contributed by atoms with E-state index in [9.17, 15) is 61.0 Å². The number of hydrogen-bond donors (Lipinski definition) is 12. The summed E-state index contributed by atoms with van der Waals surface area (Å²) in [5, 5.41) is 121. The predicted octanol–water partition coefficient (Wildman–Crippen LogP) is -4.31. The standard InChI is InChI=1S/C32H38O20/c33-7-15(38)29-25(42)28(45)32(52-29)49-16-2-1-10(3-12(16)35)17-6-14(37)21-13(36)4-11(5-18(21)48-17)47-31-27(44)24(41)23(40)20(51-31)9-46-30-26(43)22(39)19(8-34)50-30/h1-6,15,19-20,22-36,38-45H,7-9H2. The highest BCUT2D eigenvalue weighted by molar-refractivity contribution is 5.86. The normalized spacial score (nSPS) is 35.5. The molecular formula is C32H38O20. The number of aliphatic hydroxyl groups excluding tert-OH is 10. The summed E-state index contributed by atoms with van der Waals surface area (Å²) in [6.45, 7) is -1.91. The summed E-state index contributed by atoms with van der Waals surface area (Å²) >= 11 is 0. The zero-order valence-electron chi connectivity index (χ0n) is 26.8. The molecule has 3 aromatic rings. The number of hydrogen-bond acceptors (Lipinski definition) is 20. The minimum Gasteiger partial charge on any atom is -0.507 e. The number of ether oxygens (including phenoxy) is 6. The molecule has 6 rings (SSSR count). The fraction of sp³-hybridized carbons (Fsp3) is 0.531. The molecule has 1 aromatic heterocycles. The van der Waals surface area contributed by atoms with E-state index in [-0.39, 0.29) is 33.8 Å². The van der Waals surface area contributed by atoms with Crippen LogP contribution >= 0.6 is 0 Å².